The van der Waals surface area contributed by atoms with Crippen LogP contribution in [-0.4, -0.2) is 16.2 Å². The number of hydrogen-bond donors (Lipinski definition) is 1. The monoisotopic (exact) mass is 326 g/mol. The zero-order chi connectivity index (χ0) is 16.2. The third-order valence-corrected chi connectivity index (χ3v) is 4.89. The lowest BCUT2D eigenvalue weighted by Crippen LogP contribution is -2.18. The molecular formula is C19H22N2OS. The molecule has 0 bridgehead atoms. The van der Waals surface area contributed by atoms with E-state index in [0.717, 1.165) is 31.5 Å². The largest absolute Gasteiger partial charge is 0.298 e. The molecule has 1 unspecified atom stereocenters. The Morgan fingerprint density at radius 2 is 2.00 bits per heavy atom. The fourth-order valence-electron chi connectivity index (χ4n) is 3.10. The molecule has 2 aromatic rings. The van der Waals surface area contributed by atoms with E-state index in [1.54, 1.807) is 6.07 Å². The van der Waals surface area contributed by atoms with Gasteiger partial charge in [-0.2, -0.15) is 0 Å². The van der Waals surface area contributed by atoms with Crippen LogP contribution in [0, 0.1) is 0 Å². The van der Waals surface area contributed by atoms with Gasteiger partial charge in [0.15, 0.2) is 0 Å². The van der Waals surface area contributed by atoms with Crippen LogP contribution in [0.5, 0.6) is 0 Å². The lowest BCUT2D eigenvalue weighted by atomic mass is 9.93. The molecule has 0 aromatic heterocycles. The second-order valence-electron chi connectivity index (χ2n) is 6.05. The van der Waals surface area contributed by atoms with Crippen molar-refractivity contribution >= 4 is 17.1 Å². The number of rotatable bonds is 5. The van der Waals surface area contributed by atoms with Crippen LogP contribution in [0.3, 0.4) is 0 Å². The third-order valence-electron chi connectivity index (χ3n) is 4.18. The Labute approximate surface area is 140 Å². The highest BCUT2D eigenvalue weighted by Gasteiger charge is 2.11. The number of hydrogen-bond acceptors (Lipinski definition) is 2. The summed E-state index contributed by atoms with van der Waals surface area (Å²) in [5.41, 5.74) is 5.31. The van der Waals surface area contributed by atoms with E-state index in [1.165, 1.54) is 16.7 Å². The zero-order valence-corrected chi connectivity index (χ0v) is 14.2. The lowest BCUT2D eigenvalue weighted by Gasteiger charge is -2.21. The van der Waals surface area contributed by atoms with Crippen molar-refractivity contribution in [2.24, 2.45) is 5.14 Å². The molecule has 1 aliphatic carbocycles. The van der Waals surface area contributed by atoms with E-state index in [-0.39, 0.29) is 0 Å². The second kappa shape index (κ2) is 7.21. The third kappa shape index (κ3) is 3.96. The van der Waals surface area contributed by atoms with Crippen molar-refractivity contribution in [3.05, 3.63) is 70.8 Å². The predicted molar refractivity (Wildman–Crippen MR) is 96.0 cm³/mol. The molecule has 0 heterocycles. The molecule has 0 saturated carbocycles. The Bertz CT molecular complexity index is 755. The Hall–Kier alpha value is -1.75. The quantitative estimate of drug-likeness (QED) is 0.917. The molecule has 1 aliphatic rings. The van der Waals surface area contributed by atoms with Gasteiger partial charge in [0, 0.05) is 13.1 Å². The van der Waals surface area contributed by atoms with Crippen molar-refractivity contribution < 1.29 is 4.21 Å². The van der Waals surface area contributed by atoms with Crippen LogP contribution in [-0.2, 0) is 30.5 Å². The molecule has 3 nitrogen and oxygen atoms in total. The fourth-order valence-corrected chi connectivity index (χ4v) is 3.58. The van der Waals surface area contributed by atoms with Gasteiger partial charge >= 0.3 is 0 Å². The van der Waals surface area contributed by atoms with E-state index in [2.05, 4.69) is 42.3 Å². The molecule has 2 N–H and O–H groups in total. The topological polar surface area (TPSA) is 46.3 Å². The number of nitrogens with two attached hydrogens (primary N) is 1. The van der Waals surface area contributed by atoms with Crippen LogP contribution in [0.25, 0.3) is 6.08 Å². The summed E-state index contributed by atoms with van der Waals surface area (Å²) in [5.74, 6) is 0. The first-order valence-corrected chi connectivity index (χ1v) is 9.06. The molecule has 3 rings (SSSR count). The lowest BCUT2D eigenvalue weighted by molar-refractivity contribution is 0.318. The molecule has 23 heavy (non-hydrogen) atoms. The Morgan fingerprint density at radius 3 is 2.83 bits per heavy atom. The van der Waals surface area contributed by atoms with Crippen LogP contribution < -0.4 is 5.14 Å². The first-order chi connectivity index (χ1) is 11.1. The fraction of sp³-hybridized carbons (Fsp3) is 0.263. The molecular weight excluding hydrogens is 304 g/mol. The SMILES string of the molecule is CN(Cc1cccc(S(N)=O)c1)Cc1cccc2c1C=CCC2. The minimum atomic E-state index is -1.42. The van der Waals surface area contributed by atoms with Gasteiger partial charge in [-0.15, -0.1) is 0 Å². The number of benzene rings is 2. The number of aryl methyl sites for hydroxylation is 1. The summed E-state index contributed by atoms with van der Waals surface area (Å²) in [5, 5.41) is 5.46. The molecule has 0 amide bonds. The molecule has 0 fully saturated rings. The van der Waals surface area contributed by atoms with Crippen LogP contribution in [0.1, 0.15) is 28.7 Å². The van der Waals surface area contributed by atoms with E-state index in [9.17, 15) is 4.21 Å². The van der Waals surface area contributed by atoms with Crippen molar-refractivity contribution in [2.75, 3.05) is 7.05 Å². The van der Waals surface area contributed by atoms with Gasteiger partial charge in [-0.3, -0.25) is 4.90 Å². The van der Waals surface area contributed by atoms with Crippen LogP contribution in [0.2, 0.25) is 0 Å². The maximum Gasteiger partial charge on any atom is 0.122 e. The summed E-state index contributed by atoms with van der Waals surface area (Å²) in [6.45, 7) is 1.70. The molecule has 0 saturated heterocycles. The molecule has 1 atom stereocenters. The molecule has 0 spiro atoms. The van der Waals surface area contributed by atoms with Crippen molar-refractivity contribution in [3.63, 3.8) is 0 Å². The number of allylic oxidation sites excluding steroid dienone is 1. The van der Waals surface area contributed by atoms with E-state index < -0.39 is 11.0 Å². The van der Waals surface area contributed by atoms with Gasteiger partial charge in [0.25, 0.3) is 0 Å². The van der Waals surface area contributed by atoms with Gasteiger partial charge in [-0.25, -0.2) is 9.35 Å². The molecule has 4 heteroatoms. The highest BCUT2D eigenvalue weighted by molar-refractivity contribution is 7.82. The van der Waals surface area contributed by atoms with Crippen molar-refractivity contribution in [3.8, 4) is 0 Å². The number of nitrogens with zero attached hydrogens (tertiary/aromatic N) is 1. The Kier molecular flexibility index (Phi) is 5.06. The summed E-state index contributed by atoms with van der Waals surface area (Å²) in [7, 11) is 0.688. The number of fused-ring (bicyclic) bond motifs is 1. The van der Waals surface area contributed by atoms with Gasteiger partial charge in [-0.1, -0.05) is 42.5 Å². The minimum absolute atomic E-state index is 0.677. The van der Waals surface area contributed by atoms with E-state index in [4.69, 9.17) is 5.14 Å². The summed E-state index contributed by atoms with van der Waals surface area (Å²) in [6, 6.07) is 14.3. The average molecular weight is 326 g/mol. The molecule has 0 aliphatic heterocycles. The van der Waals surface area contributed by atoms with Gasteiger partial charge in [-0.05, 0) is 54.3 Å². The summed E-state index contributed by atoms with van der Waals surface area (Å²) in [6.07, 6.45) is 6.77. The maximum atomic E-state index is 11.4. The van der Waals surface area contributed by atoms with E-state index in [0.29, 0.717) is 4.90 Å². The molecule has 2 aromatic carbocycles. The Morgan fingerprint density at radius 1 is 1.17 bits per heavy atom. The summed E-state index contributed by atoms with van der Waals surface area (Å²) >= 11 is 0. The minimum Gasteiger partial charge on any atom is -0.298 e. The van der Waals surface area contributed by atoms with Crippen molar-refractivity contribution in [2.45, 2.75) is 30.8 Å². The molecule has 0 radical (unpaired) electrons. The normalized spacial score (nSPS) is 14.7. The van der Waals surface area contributed by atoms with Crippen molar-refractivity contribution in [1.82, 2.24) is 4.90 Å². The zero-order valence-electron chi connectivity index (χ0n) is 13.4. The first-order valence-electron chi connectivity index (χ1n) is 7.84. The van der Waals surface area contributed by atoms with Gasteiger partial charge in [0.05, 0.1) is 4.90 Å². The Balaban J connectivity index is 1.73. The van der Waals surface area contributed by atoms with Gasteiger partial charge in [0.2, 0.25) is 0 Å². The highest BCUT2D eigenvalue weighted by atomic mass is 32.2. The van der Waals surface area contributed by atoms with E-state index in [1.807, 2.05) is 18.2 Å². The predicted octanol–water partition coefficient (Wildman–Crippen LogP) is 3.26. The summed E-state index contributed by atoms with van der Waals surface area (Å²) in [4.78, 5) is 2.95. The van der Waals surface area contributed by atoms with E-state index >= 15 is 0 Å². The highest BCUT2D eigenvalue weighted by Crippen LogP contribution is 2.24. The second-order valence-corrected chi connectivity index (χ2v) is 7.11. The summed E-state index contributed by atoms with van der Waals surface area (Å²) < 4.78 is 11.4. The standard InChI is InChI=1S/C19H22N2OS/c1-21(13-15-6-4-10-18(12-15)23(20)22)14-17-9-5-8-16-7-2-3-11-19(16)17/h3-6,8-12H,2,7,13-14,20H2,1H3. The van der Waals surface area contributed by atoms with Crippen molar-refractivity contribution in [1.29, 1.82) is 0 Å². The smallest absolute Gasteiger partial charge is 0.122 e. The van der Waals surface area contributed by atoms with Crippen LogP contribution in [0.15, 0.2) is 53.4 Å². The van der Waals surface area contributed by atoms with Crippen LogP contribution in [0.4, 0.5) is 0 Å². The van der Waals surface area contributed by atoms with Gasteiger partial charge < -0.3 is 0 Å². The average Bonchev–Trinajstić information content (AvgIpc) is 2.55. The maximum absolute atomic E-state index is 11.4. The first kappa shape index (κ1) is 16.1. The van der Waals surface area contributed by atoms with Crippen LogP contribution >= 0.6 is 0 Å². The van der Waals surface area contributed by atoms with Gasteiger partial charge in [0.1, 0.15) is 11.0 Å². The molecule has 120 valence electrons.